The fraction of sp³-hybridized carbons (Fsp3) is 0.136. The number of aromatic nitrogens is 2. The van der Waals surface area contributed by atoms with Crippen LogP contribution in [0.5, 0.6) is 17.2 Å². The highest BCUT2D eigenvalue weighted by Crippen LogP contribution is 2.37. The average molecular weight is 375 g/mol. The number of benzene rings is 2. The van der Waals surface area contributed by atoms with Crippen molar-refractivity contribution in [3.8, 4) is 28.5 Å². The molecule has 0 saturated heterocycles. The fourth-order valence-electron chi connectivity index (χ4n) is 3.18. The van der Waals surface area contributed by atoms with Crippen LogP contribution in [0.3, 0.4) is 0 Å². The van der Waals surface area contributed by atoms with E-state index in [0.717, 1.165) is 22.7 Å². The molecule has 0 fully saturated rings. The topological polar surface area (TPSA) is 68.0 Å². The number of aromatic hydroxyl groups is 1. The van der Waals surface area contributed by atoms with Crippen molar-refractivity contribution in [2.75, 3.05) is 19.5 Å². The van der Waals surface area contributed by atoms with E-state index in [0.29, 0.717) is 22.8 Å². The van der Waals surface area contributed by atoms with E-state index in [-0.39, 0.29) is 5.75 Å². The van der Waals surface area contributed by atoms with Crippen LogP contribution in [0.25, 0.3) is 16.9 Å². The quantitative estimate of drug-likeness (QED) is 0.526. The molecule has 0 aliphatic heterocycles. The molecule has 2 aromatic heterocycles. The summed E-state index contributed by atoms with van der Waals surface area (Å²) in [5.41, 5.74) is 4.04. The zero-order chi connectivity index (χ0) is 19.7. The van der Waals surface area contributed by atoms with E-state index in [9.17, 15) is 5.11 Å². The Labute approximate surface area is 163 Å². The normalized spacial score (nSPS) is 10.8. The lowest BCUT2D eigenvalue weighted by Crippen LogP contribution is -1.98. The maximum Gasteiger partial charge on any atom is 0.162 e. The lowest BCUT2D eigenvalue weighted by atomic mass is 10.1. The van der Waals surface area contributed by atoms with E-state index in [2.05, 4.69) is 5.32 Å². The molecule has 2 N–H and O–H groups in total. The molecule has 6 nitrogen and oxygen atoms in total. The van der Waals surface area contributed by atoms with Crippen LogP contribution in [-0.4, -0.2) is 28.7 Å². The van der Waals surface area contributed by atoms with Crippen LogP contribution < -0.4 is 14.8 Å². The van der Waals surface area contributed by atoms with Crippen molar-refractivity contribution in [1.82, 2.24) is 9.38 Å². The minimum absolute atomic E-state index is 0.179. The number of ether oxygens (including phenoxy) is 2. The molecule has 0 radical (unpaired) electrons. The van der Waals surface area contributed by atoms with Gasteiger partial charge >= 0.3 is 0 Å². The number of hydrogen-bond donors (Lipinski definition) is 2. The lowest BCUT2D eigenvalue weighted by molar-refractivity contribution is 0.355. The third kappa shape index (κ3) is 3.09. The second-order valence-electron chi connectivity index (χ2n) is 6.45. The van der Waals surface area contributed by atoms with Crippen molar-refractivity contribution in [1.29, 1.82) is 0 Å². The van der Waals surface area contributed by atoms with Gasteiger partial charge < -0.3 is 19.9 Å². The summed E-state index contributed by atoms with van der Waals surface area (Å²) in [6.07, 6.45) is 1.96. The number of rotatable bonds is 5. The van der Waals surface area contributed by atoms with Crippen molar-refractivity contribution >= 4 is 17.2 Å². The van der Waals surface area contributed by atoms with Gasteiger partial charge in [-0.05, 0) is 48.9 Å². The minimum atomic E-state index is 0.179. The summed E-state index contributed by atoms with van der Waals surface area (Å²) in [6, 6.07) is 16.8. The van der Waals surface area contributed by atoms with Crippen molar-refractivity contribution in [2.24, 2.45) is 0 Å². The number of fused-ring (bicyclic) bond motifs is 1. The van der Waals surface area contributed by atoms with Crippen LogP contribution in [0.15, 0.2) is 60.8 Å². The van der Waals surface area contributed by atoms with Crippen LogP contribution in [0, 0.1) is 6.92 Å². The predicted octanol–water partition coefficient (Wildman–Crippen LogP) is 4.78. The van der Waals surface area contributed by atoms with Gasteiger partial charge in [0.05, 0.1) is 14.2 Å². The highest BCUT2D eigenvalue weighted by molar-refractivity contribution is 5.82. The highest BCUT2D eigenvalue weighted by atomic mass is 16.5. The smallest absolute Gasteiger partial charge is 0.162 e. The van der Waals surface area contributed by atoms with Gasteiger partial charge in [0.15, 0.2) is 11.5 Å². The second-order valence-corrected chi connectivity index (χ2v) is 6.45. The number of phenols is 1. The maximum atomic E-state index is 10.4. The summed E-state index contributed by atoms with van der Waals surface area (Å²) in [4.78, 5) is 4.76. The number of imidazole rings is 1. The number of anilines is 2. The van der Waals surface area contributed by atoms with E-state index >= 15 is 0 Å². The van der Waals surface area contributed by atoms with Crippen LogP contribution in [0.4, 0.5) is 11.5 Å². The molecular formula is C22H21N3O3. The average Bonchev–Trinajstić information content (AvgIpc) is 3.05. The first kappa shape index (κ1) is 17.7. The molecule has 4 rings (SSSR count). The van der Waals surface area contributed by atoms with Gasteiger partial charge in [0.25, 0.3) is 0 Å². The zero-order valence-corrected chi connectivity index (χ0v) is 15.9. The summed E-state index contributed by atoms with van der Waals surface area (Å²) < 4.78 is 12.7. The van der Waals surface area contributed by atoms with E-state index in [4.69, 9.17) is 14.5 Å². The largest absolute Gasteiger partial charge is 0.507 e. The molecule has 2 aromatic carbocycles. The van der Waals surface area contributed by atoms with Gasteiger partial charge in [-0.1, -0.05) is 12.1 Å². The molecule has 0 unspecified atom stereocenters. The number of para-hydroxylation sites is 1. The number of nitrogens with one attached hydrogen (secondary N) is 1. The third-order valence-electron chi connectivity index (χ3n) is 4.59. The Hall–Kier alpha value is -3.67. The summed E-state index contributed by atoms with van der Waals surface area (Å²) in [5.74, 6) is 2.21. The SMILES string of the molecule is COc1ccc(Nc2c(-c3ccccc3O)nc3cc(C)ccn23)cc1OC. The molecule has 0 spiro atoms. The molecule has 6 heteroatoms. The Kier molecular flexibility index (Phi) is 4.53. The first-order valence-electron chi connectivity index (χ1n) is 8.87. The van der Waals surface area contributed by atoms with Crippen molar-refractivity contribution in [3.63, 3.8) is 0 Å². The van der Waals surface area contributed by atoms with Gasteiger partial charge in [0, 0.05) is 23.5 Å². The summed E-state index contributed by atoms with van der Waals surface area (Å²) in [6.45, 7) is 2.02. The molecule has 0 amide bonds. The van der Waals surface area contributed by atoms with Crippen LogP contribution in [-0.2, 0) is 0 Å². The molecule has 0 saturated carbocycles. The monoisotopic (exact) mass is 375 g/mol. The molecule has 4 aromatic rings. The second kappa shape index (κ2) is 7.15. The Morgan fingerprint density at radius 3 is 2.50 bits per heavy atom. The molecule has 0 aliphatic rings. The van der Waals surface area contributed by atoms with E-state index in [1.165, 1.54) is 0 Å². The van der Waals surface area contributed by atoms with Crippen molar-refractivity contribution in [2.45, 2.75) is 6.92 Å². The number of aryl methyl sites for hydroxylation is 1. The molecular weight excluding hydrogens is 354 g/mol. The Bertz CT molecular complexity index is 1150. The predicted molar refractivity (Wildman–Crippen MR) is 110 cm³/mol. The Balaban J connectivity index is 1.88. The molecule has 2 heterocycles. The van der Waals surface area contributed by atoms with Gasteiger partial charge in [-0.15, -0.1) is 0 Å². The highest BCUT2D eigenvalue weighted by Gasteiger charge is 2.17. The minimum Gasteiger partial charge on any atom is -0.507 e. The number of phenolic OH excluding ortho intramolecular Hbond substituents is 1. The molecule has 142 valence electrons. The number of nitrogens with zero attached hydrogens (tertiary/aromatic N) is 2. The van der Waals surface area contributed by atoms with Crippen LogP contribution >= 0.6 is 0 Å². The van der Waals surface area contributed by atoms with Gasteiger partial charge in [0.1, 0.15) is 22.9 Å². The summed E-state index contributed by atoms with van der Waals surface area (Å²) >= 11 is 0. The molecule has 28 heavy (non-hydrogen) atoms. The fourth-order valence-corrected chi connectivity index (χ4v) is 3.18. The third-order valence-corrected chi connectivity index (χ3v) is 4.59. The van der Waals surface area contributed by atoms with E-state index in [1.54, 1.807) is 26.4 Å². The van der Waals surface area contributed by atoms with Crippen molar-refractivity contribution in [3.05, 3.63) is 66.4 Å². The van der Waals surface area contributed by atoms with Gasteiger partial charge in [-0.3, -0.25) is 4.40 Å². The molecule has 0 atom stereocenters. The van der Waals surface area contributed by atoms with Crippen molar-refractivity contribution < 1.29 is 14.6 Å². The number of methoxy groups -OCH3 is 2. The van der Waals surface area contributed by atoms with Gasteiger partial charge in [0.2, 0.25) is 0 Å². The standard InChI is InChI=1S/C22H21N3O3/c1-14-10-11-25-20(12-14)24-21(16-6-4-5-7-17(16)26)22(25)23-15-8-9-18(27-2)19(13-15)28-3/h4-13,23,26H,1-3H3. The zero-order valence-electron chi connectivity index (χ0n) is 15.9. The Morgan fingerprint density at radius 1 is 0.964 bits per heavy atom. The summed E-state index contributed by atoms with van der Waals surface area (Å²) in [5, 5.41) is 13.8. The van der Waals surface area contributed by atoms with Crippen LogP contribution in [0.2, 0.25) is 0 Å². The first-order chi connectivity index (χ1) is 13.6. The van der Waals surface area contributed by atoms with Gasteiger partial charge in [-0.25, -0.2) is 4.98 Å². The van der Waals surface area contributed by atoms with Crippen LogP contribution in [0.1, 0.15) is 5.56 Å². The van der Waals surface area contributed by atoms with Gasteiger partial charge in [-0.2, -0.15) is 0 Å². The lowest BCUT2D eigenvalue weighted by Gasteiger charge is -2.13. The Morgan fingerprint density at radius 2 is 1.75 bits per heavy atom. The summed E-state index contributed by atoms with van der Waals surface area (Å²) in [7, 11) is 3.21. The van der Waals surface area contributed by atoms with E-state index in [1.807, 2.05) is 60.0 Å². The molecule has 0 bridgehead atoms. The van der Waals surface area contributed by atoms with E-state index < -0.39 is 0 Å². The number of pyridine rings is 1. The molecule has 0 aliphatic carbocycles. The first-order valence-corrected chi connectivity index (χ1v) is 8.87. The number of hydrogen-bond acceptors (Lipinski definition) is 5. The maximum absolute atomic E-state index is 10.4.